The summed E-state index contributed by atoms with van der Waals surface area (Å²) in [6, 6.07) is 8.02. The minimum absolute atomic E-state index is 0.138. The first-order valence-corrected chi connectivity index (χ1v) is 7.56. The number of rotatable bonds is 4. The van der Waals surface area contributed by atoms with Crippen molar-refractivity contribution in [2.45, 2.75) is 13.1 Å². The van der Waals surface area contributed by atoms with Gasteiger partial charge >= 0.3 is 6.18 Å². The predicted octanol–water partition coefficient (Wildman–Crippen LogP) is 4.52. The first kappa shape index (κ1) is 19.3. The third-order valence-corrected chi connectivity index (χ3v) is 3.50. The number of carbonyl (C=O) groups is 1. The van der Waals surface area contributed by atoms with Gasteiger partial charge in [-0.25, -0.2) is 4.98 Å². The fraction of sp³-hybridized carbons (Fsp3) is 0.118. The van der Waals surface area contributed by atoms with Gasteiger partial charge in [0.1, 0.15) is 17.5 Å². The number of hydrogen-bond acceptors (Lipinski definition) is 4. The molecule has 1 heterocycles. The van der Waals surface area contributed by atoms with E-state index in [0.717, 1.165) is 17.8 Å². The Bertz CT molecular complexity index is 886. The van der Waals surface area contributed by atoms with Crippen LogP contribution in [0.4, 0.5) is 24.7 Å². The molecule has 0 aliphatic rings. The number of aryl methyl sites for hydroxylation is 1. The van der Waals surface area contributed by atoms with Crippen LogP contribution >= 0.6 is 11.6 Å². The van der Waals surface area contributed by atoms with Gasteiger partial charge < -0.3 is 10.6 Å². The van der Waals surface area contributed by atoms with Crippen molar-refractivity contribution in [1.29, 1.82) is 5.26 Å². The van der Waals surface area contributed by atoms with Crippen LogP contribution in [0.3, 0.4) is 0 Å². The van der Waals surface area contributed by atoms with E-state index >= 15 is 0 Å². The standard InChI is InChI=1S/C17H12ClF3N4O/c1-10-2-5-15(23-8-10)24-9-11(7-22)16(26)25-12-3-4-14(18)13(6-12)17(19,20)21/h2-6,8-9H,1H3,(H,23,24)(H,25,26)/b11-9-. The SMILES string of the molecule is Cc1ccc(N/C=C(/C#N)C(=O)Nc2ccc(Cl)c(C(F)(F)F)c2)nc1. The Balaban J connectivity index is 2.15. The molecule has 0 spiro atoms. The van der Waals surface area contributed by atoms with Gasteiger partial charge in [-0.3, -0.25) is 4.79 Å². The van der Waals surface area contributed by atoms with E-state index in [0.29, 0.717) is 11.9 Å². The average Bonchev–Trinajstić information content (AvgIpc) is 2.58. The van der Waals surface area contributed by atoms with Crippen molar-refractivity contribution in [1.82, 2.24) is 4.98 Å². The molecule has 0 bridgehead atoms. The molecule has 1 amide bonds. The zero-order valence-corrected chi connectivity index (χ0v) is 14.1. The maximum atomic E-state index is 12.8. The van der Waals surface area contributed by atoms with Crippen LogP contribution in [0.1, 0.15) is 11.1 Å². The number of benzene rings is 1. The highest BCUT2D eigenvalue weighted by molar-refractivity contribution is 6.31. The fourth-order valence-corrected chi connectivity index (χ4v) is 2.09. The van der Waals surface area contributed by atoms with Crippen LogP contribution in [-0.2, 0) is 11.0 Å². The van der Waals surface area contributed by atoms with Gasteiger partial charge in [-0.1, -0.05) is 17.7 Å². The van der Waals surface area contributed by atoms with Crippen molar-refractivity contribution in [3.8, 4) is 6.07 Å². The van der Waals surface area contributed by atoms with Crippen molar-refractivity contribution in [2.24, 2.45) is 0 Å². The number of carbonyl (C=O) groups excluding carboxylic acids is 1. The molecular formula is C17H12ClF3N4O. The Morgan fingerprint density at radius 2 is 2.04 bits per heavy atom. The van der Waals surface area contributed by atoms with Gasteiger partial charge in [-0.05, 0) is 36.8 Å². The highest BCUT2D eigenvalue weighted by Crippen LogP contribution is 2.36. The van der Waals surface area contributed by atoms with Crippen LogP contribution in [0.15, 0.2) is 48.3 Å². The van der Waals surface area contributed by atoms with Gasteiger partial charge in [-0.2, -0.15) is 18.4 Å². The van der Waals surface area contributed by atoms with Crippen LogP contribution in [0.2, 0.25) is 5.02 Å². The second-order valence-electron chi connectivity index (χ2n) is 5.18. The van der Waals surface area contributed by atoms with E-state index in [1.807, 2.05) is 6.92 Å². The Morgan fingerprint density at radius 1 is 1.31 bits per heavy atom. The van der Waals surface area contributed by atoms with E-state index in [-0.39, 0.29) is 11.3 Å². The van der Waals surface area contributed by atoms with Crippen LogP contribution in [0.5, 0.6) is 0 Å². The molecule has 5 nitrogen and oxygen atoms in total. The third kappa shape index (κ3) is 4.97. The molecule has 134 valence electrons. The van der Waals surface area contributed by atoms with Gasteiger partial charge in [0.15, 0.2) is 0 Å². The lowest BCUT2D eigenvalue weighted by Crippen LogP contribution is -2.15. The first-order chi connectivity index (χ1) is 12.2. The maximum Gasteiger partial charge on any atom is 0.417 e. The van der Waals surface area contributed by atoms with E-state index in [1.165, 1.54) is 6.07 Å². The highest BCUT2D eigenvalue weighted by atomic mass is 35.5. The number of hydrogen-bond donors (Lipinski definition) is 2. The molecule has 1 aromatic heterocycles. The summed E-state index contributed by atoms with van der Waals surface area (Å²) in [5.74, 6) is -0.468. The number of pyridine rings is 1. The summed E-state index contributed by atoms with van der Waals surface area (Å²) in [5, 5.41) is 13.5. The molecular weight excluding hydrogens is 369 g/mol. The minimum Gasteiger partial charge on any atom is -0.345 e. The number of alkyl halides is 3. The van der Waals surface area contributed by atoms with Crippen molar-refractivity contribution < 1.29 is 18.0 Å². The monoisotopic (exact) mass is 380 g/mol. The molecule has 0 aliphatic carbocycles. The number of nitrogens with zero attached hydrogens (tertiary/aromatic N) is 2. The molecule has 0 radical (unpaired) electrons. The van der Waals surface area contributed by atoms with Gasteiger partial charge in [0.05, 0.1) is 10.6 Å². The Labute approximate surface area is 152 Å². The lowest BCUT2D eigenvalue weighted by Gasteiger charge is -2.11. The molecule has 2 rings (SSSR count). The highest BCUT2D eigenvalue weighted by Gasteiger charge is 2.33. The first-order valence-electron chi connectivity index (χ1n) is 7.18. The Hall–Kier alpha value is -3.05. The van der Waals surface area contributed by atoms with E-state index < -0.39 is 22.7 Å². The van der Waals surface area contributed by atoms with E-state index in [4.69, 9.17) is 16.9 Å². The number of halogens is 4. The van der Waals surface area contributed by atoms with Gasteiger partial charge in [0, 0.05) is 18.1 Å². The molecule has 2 aromatic rings. The third-order valence-electron chi connectivity index (χ3n) is 3.17. The van der Waals surface area contributed by atoms with Crippen LogP contribution in [0.25, 0.3) is 0 Å². The smallest absolute Gasteiger partial charge is 0.345 e. The van der Waals surface area contributed by atoms with Crippen molar-refractivity contribution in [3.05, 3.63) is 64.5 Å². The number of anilines is 2. The maximum absolute atomic E-state index is 12.8. The molecule has 0 fully saturated rings. The molecule has 9 heteroatoms. The Kier molecular flexibility index (Phi) is 5.85. The van der Waals surface area contributed by atoms with Crippen molar-refractivity contribution >= 4 is 29.0 Å². The molecule has 0 unspecified atom stereocenters. The van der Waals surface area contributed by atoms with Crippen LogP contribution < -0.4 is 10.6 Å². The van der Waals surface area contributed by atoms with Crippen LogP contribution in [-0.4, -0.2) is 10.9 Å². The lowest BCUT2D eigenvalue weighted by atomic mass is 10.2. The summed E-state index contributed by atoms with van der Waals surface area (Å²) in [6.45, 7) is 1.85. The number of nitrogens with one attached hydrogen (secondary N) is 2. The van der Waals surface area contributed by atoms with Crippen molar-refractivity contribution in [2.75, 3.05) is 10.6 Å². The molecule has 0 saturated carbocycles. The molecule has 0 saturated heterocycles. The largest absolute Gasteiger partial charge is 0.417 e. The molecule has 1 aromatic carbocycles. The zero-order valence-electron chi connectivity index (χ0n) is 13.4. The zero-order chi connectivity index (χ0) is 19.3. The predicted molar refractivity (Wildman–Crippen MR) is 91.4 cm³/mol. The molecule has 0 aliphatic heterocycles. The summed E-state index contributed by atoms with van der Waals surface area (Å²) >= 11 is 5.52. The topological polar surface area (TPSA) is 77.8 Å². The Morgan fingerprint density at radius 3 is 2.62 bits per heavy atom. The number of amides is 1. The summed E-state index contributed by atoms with van der Waals surface area (Å²) in [4.78, 5) is 16.1. The van der Waals surface area contributed by atoms with Gasteiger partial charge in [0.2, 0.25) is 0 Å². The van der Waals surface area contributed by atoms with Gasteiger partial charge in [-0.15, -0.1) is 0 Å². The summed E-state index contributed by atoms with van der Waals surface area (Å²) in [5.41, 5.74) is -0.625. The number of aromatic nitrogens is 1. The van der Waals surface area contributed by atoms with E-state index in [1.54, 1.807) is 24.4 Å². The average molecular weight is 381 g/mol. The molecule has 0 atom stereocenters. The summed E-state index contributed by atoms with van der Waals surface area (Å²) in [7, 11) is 0. The number of nitriles is 1. The van der Waals surface area contributed by atoms with Gasteiger partial charge in [0.25, 0.3) is 5.91 Å². The van der Waals surface area contributed by atoms with Crippen LogP contribution in [0, 0.1) is 18.3 Å². The molecule has 26 heavy (non-hydrogen) atoms. The normalized spacial score (nSPS) is 11.6. The van der Waals surface area contributed by atoms with E-state index in [2.05, 4.69) is 15.6 Å². The summed E-state index contributed by atoms with van der Waals surface area (Å²) in [6.07, 6.45) is -1.95. The quantitative estimate of drug-likeness (QED) is 0.604. The molecule has 2 N–H and O–H groups in total. The second-order valence-corrected chi connectivity index (χ2v) is 5.59. The fourth-order valence-electron chi connectivity index (χ4n) is 1.87. The minimum atomic E-state index is -4.66. The lowest BCUT2D eigenvalue weighted by molar-refractivity contribution is -0.137. The van der Waals surface area contributed by atoms with Crippen molar-refractivity contribution in [3.63, 3.8) is 0 Å². The second kappa shape index (κ2) is 7.89. The summed E-state index contributed by atoms with van der Waals surface area (Å²) < 4.78 is 38.5. The van der Waals surface area contributed by atoms with E-state index in [9.17, 15) is 18.0 Å².